The van der Waals surface area contributed by atoms with Crippen molar-refractivity contribution >= 4 is 27.7 Å². The van der Waals surface area contributed by atoms with Crippen LogP contribution in [0.4, 0.5) is 0 Å². The summed E-state index contributed by atoms with van der Waals surface area (Å²) in [6, 6.07) is 13.7. The molecule has 3 aromatic rings. The van der Waals surface area contributed by atoms with Gasteiger partial charge in [0, 0.05) is 17.3 Å². The van der Waals surface area contributed by atoms with Crippen LogP contribution in [0, 0.1) is 0 Å². The summed E-state index contributed by atoms with van der Waals surface area (Å²) in [6.07, 6.45) is 2.79. The Kier molecular flexibility index (Phi) is 3.80. The Bertz CT molecular complexity index is 808. The fourth-order valence-corrected chi connectivity index (χ4v) is 2.93. The summed E-state index contributed by atoms with van der Waals surface area (Å²) in [6.45, 7) is 2.57. The highest BCUT2D eigenvalue weighted by atomic mass is 79.9. The van der Waals surface area contributed by atoms with E-state index in [1.54, 1.807) is 0 Å². The molecule has 21 heavy (non-hydrogen) atoms. The van der Waals surface area contributed by atoms with Crippen LogP contribution in [0.2, 0.25) is 0 Å². The van der Waals surface area contributed by atoms with Gasteiger partial charge in [-0.3, -0.25) is 4.79 Å². The van der Waals surface area contributed by atoms with Crippen molar-refractivity contribution in [2.45, 2.75) is 6.92 Å². The van der Waals surface area contributed by atoms with E-state index in [1.807, 2.05) is 60.0 Å². The number of carbonyl (C=O) groups excluding carboxylic acids is 1. The summed E-state index contributed by atoms with van der Waals surface area (Å²) < 4.78 is 8.30. The molecule has 3 rings (SSSR count). The average molecular weight is 344 g/mol. The first-order valence-corrected chi connectivity index (χ1v) is 7.52. The van der Waals surface area contributed by atoms with Crippen molar-refractivity contribution in [1.29, 1.82) is 0 Å². The van der Waals surface area contributed by atoms with Crippen LogP contribution in [0.3, 0.4) is 0 Å². The summed E-state index contributed by atoms with van der Waals surface area (Å²) in [4.78, 5) is 11.5. The fourth-order valence-electron chi connectivity index (χ4n) is 2.44. The molecule has 0 fully saturated rings. The number of hydrogen-bond acceptors (Lipinski definition) is 2. The summed E-state index contributed by atoms with van der Waals surface area (Å²) >= 11 is 3.52. The molecule has 0 aliphatic rings. The number of fused-ring (bicyclic) bond motifs is 1. The third-order valence-corrected chi connectivity index (χ3v) is 3.99. The highest BCUT2D eigenvalue weighted by Gasteiger charge is 2.12. The van der Waals surface area contributed by atoms with Crippen molar-refractivity contribution < 1.29 is 9.53 Å². The van der Waals surface area contributed by atoms with Crippen molar-refractivity contribution in [2.75, 3.05) is 6.61 Å². The second-order valence-corrected chi connectivity index (χ2v) is 5.49. The topological polar surface area (TPSA) is 30.7 Å². The van der Waals surface area contributed by atoms with Gasteiger partial charge in [-0.1, -0.05) is 12.1 Å². The molecule has 0 saturated carbocycles. The molecular weight excluding hydrogens is 330 g/mol. The molecule has 0 N–H and O–H groups in total. The quantitative estimate of drug-likeness (QED) is 0.649. The maximum absolute atomic E-state index is 11.5. The maximum atomic E-state index is 11.5. The fraction of sp³-hybridized carbons (Fsp3) is 0.118. The van der Waals surface area contributed by atoms with E-state index in [4.69, 9.17) is 4.74 Å². The molecule has 2 aromatic heterocycles. The van der Waals surface area contributed by atoms with E-state index in [2.05, 4.69) is 15.9 Å². The first kappa shape index (κ1) is 13.9. The monoisotopic (exact) mass is 343 g/mol. The zero-order chi connectivity index (χ0) is 14.8. The standard InChI is InChI=1S/C17H14BrNO2/c1-2-21-17-7-6-12(9-15(17)18)14-10-13-5-3-4-8-19(13)16(14)11-20/h3-11H,2H2,1H3. The Morgan fingerprint density at radius 3 is 2.81 bits per heavy atom. The van der Waals surface area contributed by atoms with Gasteiger partial charge in [0.25, 0.3) is 0 Å². The van der Waals surface area contributed by atoms with Gasteiger partial charge in [-0.25, -0.2) is 0 Å². The van der Waals surface area contributed by atoms with Crippen molar-refractivity contribution in [2.24, 2.45) is 0 Å². The predicted molar refractivity (Wildman–Crippen MR) is 87.1 cm³/mol. The number of ether oxygens (including phenoxy) is 1. The summed E-state index contributed by atoms with van der Waals surface area (Å²) in [5.41, 5.74) is 3.55. The maximum Gasteiger partial charge on any atom is 0.167 e. The number of rotatable bonds is 4. The second-order valence-electron chi connectivity index (χ2n) is 4.63. The lowest BCUT2D eigenvalue weighted by Crippen LogP contribution is -1.94. The molecule has 0 unspecified atom stereocenters. The average Bonchev–Trinajstić information content (AvgIpc) is 2.88. The Morgan fingerprint density at radius 2 is 2.10 bits per heavy atom. The lowest BCUT2D eigenvalue weighted by Gasteiger charge is -2.08. The van der Waals surface area contributed by atoms with E-state index in [1.165, 1.54) is 0 Å². The molecule has 2 heterocycles. The molecule has 0 radical (unpaired) electrons. The number of benzene rings is 1. The first-order valence-electron chi connectivity index (χ1n) is 6.72. The number of carbonyl (C=O) groups is 1. The highest BCUT2D eigenvalue weighted by molar-refractivity contribution is 9.10. The smallest absolute Gasteiger partial charge is 0.167 e. The molecule has 0 aliphatic heterocycles. The van der Waals surface area contributed by atoms with Crippen molar-refractivity contribution in [3.8, 4) is 16.9 Å². The molecule has 0 amide bonds. The van der Waals surface area contributed by atoms with E-state index in [9.17, 15) is 4.79 Å². The number of halogens is 1. The van der Waals surface area contributed by atoms with Crippen LogP contribution in [0.15, 0.2) is 53.1 Å². The van der Waals surface area contributed by atoms with Crippen molar-refractivity contribution in [1.82, 2.24) is 4.40 Å². The van der Waals surface area contributed by atoms with Gasteiger partial charge in [0.15, 0.2) is 6.29 Å². The molecule has 106 valence electrons. The largest absolute Gasteiger partial charge is 0.493 e. The van der Waals surface area contributed by atoms with Crippen molar-refractivity contribution in [3.05, 3.63) is 58.8 Å². The molecular formula is C17H14BrNO2. The van der Waals surface area contributed by atoms with Crippen LogP contribution in [0.1, 0.15) is 17.4 Å². The number of aldehydes is 1. The van der Waals surface area contributed by atoms with E-state index in [0.29, 0.717) is 12.3 Å². The first-order chi connectivity index (χ1) is 10.2. The Labute approximate surface area is 131 Å². The van der Waals surface area contributed by atoms with Crippen LogP contribution < -0.4 is 4.74 Å². The van der Waals surface area contributed by atoms with Crippen LogP contribution in [0.25, 0.3) is 16.6 Å². The Morgan fingerprint density at radius 1 is 1.24 bits per heavy atom. The minimum Gasteiger partial charge on any atom is -0.493 e. The Hall–Kier alpha value is -2.07. The molecule has 0 aliphatic carbocycles. The molecule has 0 saturated heterocycles. The van der Waals surface area contributed by atoms with Crippen molar-refractivity contribution in [3.63, 3.8) is 0 Å². The molecule has 0 bridgehead atoms. The Balaban J connectivity index is 2.16. The molecule has 1 aromatic carbocycles. The van der Waals surface area contributed by atoms with E-state index < -0.39 is 0 Å². The third-order valence-electron chi connectivity index (χ3n) is 3.37. The molecule has 4 heteroatoms. The van der Waals surface area contributed by atoms with Gasteiger partial charge in [-0.05, 0) is 58.7 Å². The molecule has 0 spiro atoms. The zero-order valence-electron chi connectivity index (χ0n) is 11.5. The van der Waals surface area contributed by atoms with Gasteiger partial charge < -0.3 is 9.14 Å². The minimum absolute atomic E-state index is 0.619. The van der Waals surface area contributed by atoms with Crippen LogP contribution >= 0.6 is 15.9 Å². The number of hydrogen-bond donors (Lipinski definition) is 0. The van der Waals surface area contributed by atoms with Gasteiger partial charge >= 0.3 is 0 Å². The normalized spacial score (nSPS) is 10.8. The van der Waals surface area contributed by atoms with Gasteiger partial charge in [0.2, 0.25) is 0 Å². The van der Waals surface area contributed by atoms with E-state index in [-0.39, 0.29) is 0 Å². The van der Waals surface area contributed by atoms with E-state index >= 15 is 0 Å². The predicted octanol–water partition coefficient (Wildman–Crippen LogP) is 4.58. The summed E-state index contributed by atoms with van der Waals surface area (Å²) in [5.74, 6) is 0.803. The summed E-state index contributed by atoms with van der Waals surface area (Å²) in [5, 5.41) is 0. The lowest BCUT2D eigenvalue weighted by molar-refractivity contribution is 0.111. The van der Waals surface area contributed by atoms with E-state index in [0.717, 1.165) is 33.2 Å². The number of nitrogens with zero attached hydrogens (tertiary/aromatic N) is 1. The van der Waals surface area contributed by atoms with Gasteiger partial charge in [0.1, 0.15) is 5.75 Å². The number of aromatic nitrogens is 1. The van der Waals surface area contributed by atoms with Gasteiger partial charge in [-0.15, -0.1) is 0 Å². The molecule has 0 atom stereocenters. The van der Waals surface area contributed by atoms with Gasteiger partial charge in [-0.2, -0.15) is 0 Å². The van der Waals surface area contributed by atoms with Gasteiger partial charge in [0.05, 0.1) is 16.8 Å². The number of pyridine rings is 1. The second kappa shape index (κ2) is 5.74. The minimum atomic E-state index is 0.619. The van der Waals surface area contributed by atoms with Crippen LogP contribution in [0.5, 0.6) is 5.75 Å². The lowest BCUT2D eigenvalue weighted by atomic mass is 10.1. The SMILES string of the molecule is CCOc1ccc(-c2cc3ccccn3c2C=O)cc1Br. The van der Waals surface area contributed by atoms with Crippen LogP contribution in [-0.2, 0) is 0 Å². The third kappa shape index (κ3) is 2.47. The molecule has 3 nitrogen and oxygen atoms in total. The zero-order valence-corrected chi connectivity index (χ0v) is 13.1. The van der Waals surface area contributed by atoms with Crippen LogP contribution in [-0.4, -0.2) is 17.3 Å². The highest BCUT2D eigenvalue weighted by Crippen LogP contribution is 2.33. The summed E-state index contributed by atoms with van der Waals surface area (Å²) in [7, 11) is 0.